The largest absolute Gasteiger partial charge is 0.372 e. The summed E-state index contributed by atoms with van der Waals surface area (Å²) in [6, 6.07) is 4.00. The molecule has 0 bridgehead atoms. The van der Waals surface area contributed by atoms with Gasteiger partial charge in [0.25, 0.3) is 0 Å². The van der Waals surface area contributed by atoms with E-state index in [4.69, 9.17) is 0 Å². The van der Waals surface area contributed by atoms with Crippen LogP contribution in [0.15, 0.2) is 43.1 Å². The zero-order chi connectivity index (χ0) is 13.9. The Labute approximate surface area is 117 Å². The molecule has 0 aliphatic carbocycles. The zero-order valence-electron chi connectivity index (χ0n) is 11.5. The van der Waals surface area contributed by atoms with Crippen molar-refractivity contribution in [1.29, 1.82) is 0 Å². The number of nitrogens with one attached hydrogen (secondary N) is 1. The number of hydrogen-bond donors (Lipinski definition) is 1. The maximum absolute atomic E-state index is 4.60. The first-order valence-electron chi connectivity index (χ1n) is 6.39. The van der Waals surface area contributed by atoms with Gasteiger partial charge in [0.15, 0.2) is 11.5 Å². The second kappa shape index (κ2) is 5.16. The maximum atomic E-state index is 4.60. The summed E-state index contributed by atoms with van der Waals surface area (Å²) in [5.41, 5.74) is 2.03. The molecule has 6 nitrogen and oxygen atoms in total. The molecule has 0 aliphatic heterocycles. The van der Waals surface area contributed by atoms with Crippen molar-refractivity contribution in [3.63, 3.8) is 0 Å². The molecule has 3 rings (SSSR count). The molecule has 0 fully saturated rings. The van der Waals surface area contributed by atoms with Crippen molar-refractivity contribution in [2.75, 3.05) is 24.3 Å². The highest BCUT2D eigenvalue weighted by Gasteiger charge is 2.11. The number of aromatic nitrogens is 4. The van der Waals surface area contributed by atoms with E-state index in [-0.39, 0.29) is 0 Å². The van der Waals surface area contributed by atoms with Crippen LogP contribution in [0.2, 0.25) is 0 Å². The van der Waals surface area contributed by atoms with E-state index in [2.05, 4.69) is 25.2 Å². The third kappa shape index (κ3) is 2.27. The summed E-state index contributed by atoms with van der Waals surface area (Å²) in [7, 11) is 3.87. The quantitative estimate of drug-likeness (QED) is 0.782. The third-order valence-corrected chi connectivity index (χ3v) is 3.14. The fraction of sp³-hybridized carbons (Fsp3) is 0.214. The predicted octanol–water partition coefficient (Wildman–Crippen LogP) is 1.80. The molecule has 0 radical (unpaired) electrons. The Hall–Kier alpha value is -2.63. The fourth-order valence-electron chi connectivity index (χ4n) is 2.13. The average molecular weight is 268 g/mol. The van der Waals surface area contributed by atoms with Crippen molar-refractivity contribution in [1.82, 2.24) is 19.4 Å². The second-order valence-electron chi connectivity index (χ2n) is 4.57. The van der Waals surface area contributed by atoms with Crippen LogP contribution in [0.25, 0.3) is 5.65 Å². The Bertz CT molecular complexity index is 706. The molecular formula is C14H16N6. The van der Waals surface area contributed by atoms with Crippen LogP contribution in [-0.2, 0) is 6.54 Å². The van der Waals surface area contributed by atoms with Crippen LogP contribution in [-0.4, -0.2) is 33.4 Å². The standard InChI is InChI=1S/C14H16N6/c1-15-12-10-20-8-7-17-13(20)14(18-12)19(2)9-11-3-5-16-6-4-11/h3-8,10,15H,9H2,1-2H3. The first-order valence-corrected chi connectivity index (χ1v) is 6.39. The average Bonchev–Trinajstić information content (AvgIpc) is 2.95. The summed E-state index contributed by atoms with van der Waals surface area (Å²) in [6.07, 6.45) is 9.21. The molecular weight excluding hydrogens is 252 g/mol. The highest BCUT2D eigenvalue weighted by atomic mass is 15.2. The van der Waals surface area contributed by atoms with Crippen molar-refractivity contribution < 1.29 is 0 Å². The topological polar surface area (TPSA) is 58.4 Å². The van der Waals surface area contributed by atoms with Crippen LogP contribution < -0.4 is 10.2 Å². The van der Waals surface area contributed by atoms with Crippen molar-refractivity contribution in [2.45, 2.75) is 6.54 Å². The van der Waals surface area contributed by atoms with Crippen LogP contribution >= 0.6 is 0 Å². The number of nitrogens with zero attached hydrogens (tertiary/aromatic N) is 5. The maximum Gasteiger partial charge on any atom is 0.180 e. The van der Waals surface area contributed by atoms with Gasteiger partial charge in [-0.2, -0.15) is 0 Å². The third-order valence-electron chi connectivity index (χ3n) is 3.14. The van der Waals surface area contributed by atoms with Crippen molar-refractivity contribution >= 4 is 17.3 Å². The molecule has 6 heteroatoms. The molecule has 0 saturated carbocycles. The van der Waals surface area contributed by atoms with Gasteiger partial charge in [-0.05, 0) is 17.7 Å². The van der Waals surface area contributed by atoms with E-state index < -0.39 is 0 Å². The molecule has 3 aromatic heterocycles. The van der Waals surface area contributed by atoms with Gasteiger partial charge in [0.2, 0.25) is 0 Å². The fourth-order valence-corrected chi connectivity index (χ4v) is 2.13. The number of anilines is 2. The SMILES string of the molecule is CNc1cn2ccnc2c(N(C)Cc2ccncc2)n1. The van der Waals surface area contributed by atoms with E-state index in [1.165, 1.54) is 5.56 Å². The Morgan fingerprint density at radius 2 is 2.05 bits per heavy atom. The minimum Gasteiger partial charge on any atom is -0.372 e. The van der Waals surface area contributed by atoms with Crippen molar-refractivity contribution in [3.8, 4) is 0 Å². The Morgan fingerprint density at radius 1 is 1.25 bits per heavy atom. The summed E-state index contributed by atoms with van der Waals surface area (Å²) >= 11 is 0. The van der Waals surface area contributed by atoms with E-state index in [0.717, 1.165) is 23.8 Å². The molecule has 0 aromatic carbocycles. The molecule has 0 atom stereocenters. The minimum atomic E-state index is 0.755. The summed E-state index contributed by atoms with van der Waals surface area (Å²) in [5, 5.41) is 3.07. The molecule has 20 heavy (non-hydrogen) atoms. The molecule has 1 N–H and O–H groups in total. The number of fused-ring (bicyclic) bond motifs is 1. The van der Waals surface area contributed by atoms with E-state index >= 15 is 0 Å². The van der Waals surface area contributed by atoms with Crippen LogP contribution in [0.3, 0.4) is 0 Å². The van der Waals surface area contributed by atoms with Crippen LogP contribution in [0.5, 0.6) is 0 Å². The lowest BCUT2D eigenvalue weighted by molar-refractivity contribution is 0.890. The molecule has 3 aromatic rings. The summed E-state index contributed by atoms with van der Waals surface area (Å²) in [4.78, 5) is 15.1. The smallest absolute Gasteiger partial charge is 0.180 e. The first-order chi connectivity index (χ1) is 9.78. The molecule has 0 spiro atoms. The lowest BCUT2D eigenvalue weighted by Crippen LogP contribution is -2.19. The van der Waals surface area contributed by atoms with Gasteiger partial charge < -0.3 is 14.6 Å². The van der Waals surface area contributed by atoms with Gasteiger partial charge in [-0.25, -0.2) is 9.97 Å². The highest BCUT2D eigenvalue weighted by Crippen LogP contribution is 2.20. The van der Waals surface area contributed by atoms with Gasteiger partial charge in [0.05, 0.1) is 6.20 Å². The van der Waals surface area contributed by atoms with Crippen LogP contribution in [0.4, 0.5) is 11.6 Å². The van der Waals surface area contributed by atoms with E-state index in [1.54, 1.807) is 18.6 Å². The lowest BCUT2D eigenvalue weighted by atomic mass is 10.2. The van der Waals surface area contributed by atoms with Gasteiger partial charge in [0, 0.05) is 45.4 Å². The molecule has 102 valence electrons. The molecule has 3 heterocycles. The van der Waals surface area contributed by atoms with Crippen LogP contribution in [0, 0.1) is 0 Å². The zero-order valence-corrected chi connectivity index (χ0v) is 11.5. The number of rotatable bonds is 4. The van der Waals surface area contributed by atoms with Crippen molar-refractivity contribution in [2.24, 2.45) is 0 Å². The Kier molecular flexibility index (Phi) is 3.20. The number of hydrogen-bond acceptors (Lipinski definition) is 5. The molecule has 0 aliphatic rings. The summed E-state index contributed by atoms with van der Waals surface area (Å²) < 4.78 is 1.97. The summed E-state index contributed by atoms with van der Waals surface area (Å²) in [6.45, 7) is 0.755. The molecule has 0 saturated heterocycles. The second-order valence-corrected chi connectivity index (χ2v) is 4.57. The minimum absolute atomic E-state index is 0.755. The monoisotopic (exact) mass is 268 g/mol. The van der Waals surface area contributed by atoms with Gasteiger partial charge in [-0.1, -0.05) is 0 Å². The van der Waals surface area contributed by atoms with Gasteiger partial charge >= 0.3 is 0 Å². The highest BCUT2D eigenvalue weighted by molar-refractivity contribution is 5.66. The van der Waals surface area contributed by atoms with Gasteiger partial charge in [0.1, 0.15) is 5.82 Å². The van der Waals surface area contributed by atoms with Crippen LogP contribution in [0.1, 0.15) is 5.56 Å². The van der Waals surface area contributed by atoms with E-state index in [1.807, 2.05) is 43.0 Å². The molecule has 0 amide bonds. The summed E-state index contributed by atoms with van der Waals surface area (Å²) in [5.74, 6) is 1.66. The van der Waals surface area contributed by atoms with E-state index in [0.29, 0.717) is 0 Å². The lowest BCUT2D eigenvalue weighted by Gasteiger charge is -2.19. The van der Waals surface area contributed by atoms with Gasteiger partial charge in [-0.3, -0.25) is 4.98 Å². The molecule has 0 unspecified atom stereocenters. The predicted molar refractivity (Wildman–Crippen MR) is 78.9 cm³/mol. The van der Waals surface area contributed by atoms with Crippen molar-refractivity contribution in [3.05, 3.63) is 48.7 Å². The Balaban J connectivity index is 1.98. The number of imidazole rings is 1. The number of pyridine rings is 1. The first kappa shape index (κ1) is 12.4. The Morgan fingerprint density at radius 3 is 2.80 bits per heavy atom. The normalized spacial score (nSPS) is 10.7. The van der Waals surface area contributed by atoms with Gasteiger partial charge in [-0.15, -0.1) is 0 Å². The van der Waals surface area contributed by atoms with E-state index in [9.17, 15) is 0 Å².